The van der Waals surface area contributed by atoms with E-state index in [-0.39, 0.29) is 5.91 Å². The van der Waals surface area contributed by atoms with Gasteiger partial charge < -0.3 is 4.90 Å². The minimum Gasteiger partial charge on any atom is -0.339 e. The summed E-state index contributed by atoms with van der Waals surface area (Å²) in [4.78, 5) is 14.7. The lowest BCUT2D eigenvalue weighted by molar-refractivity contribution is -0.127. The topological polar surface area (TPSA) is 44.2 Å². The molecule has 3 aliphatic rings. The van der Waals surface area contributed by atoms with Crippen LogP contribution in [0, 0.1) is 11.3 Å². The zero-order chi connectivity index (χ0) is 14.1. The van der Waals surface area contributed by atoms with E-state index in [1.807, 2.05) is 4.90 Å². The molecule has 1 aliphatic carbocycles. The number of likely N-dealkylation sites (tertiary alicyclic amines) is 1. The number of nitrogens with one attached hydrogen (secondary N) is 1. The lowest BCUT2D eigenvalue weighted by atomic mass is 9.82. The van der Waals surface area contributed by atoms with Gasteiger partial charge in [0.05, 0.1) is 5.57 Å². The Morgan fingerprint density at radius 1 is 1.35 bits per heavy atom. The summed E-state index contributed by atoms with van der Waals surface area (Å²) in [6, 6.07) is 0. The molecule has 0 spiro atoms. The number of thioether (sulfide) groups is 1. The molecule has 2 unspecified atom stereocenters. The van der Waals surface area contributed by atoms with Crippen molar-refractivity contribution in [2.45, 2.75) is 57.1 Å². The fraction of sp³-hybridized carbons (Fsp3) is 0.750. The van der Waals surface area contributed by atoms with Crippen LogP contribution in [0.15, 0.2) is 11.1 Å². The molecule has 1 amide bonds. The van der Waals surface area contributed by atoms with Crippen molar-refractivity contribution >= 4 is 22.7 Å². The molecule has 1 N–H and O–H groups in total. The Hall–Kier alpha value is -0.770. The van der Waals surface area contributed by atoms with E-state index >= 15 is 0 Å². The summed E-state index contributed by atoms with van der Waals surface area (Å²) in [5.41, 5.74) is 2.07. The quantitative estimate of drug-likeness (QED) is 0.845. The molecule has 2 atom stereocenters. The monoisotopic (exact) mass is 292 g/mol. The van der Waals surface area contributed by atoms with Crippen molar-refractivity contribution in [3.8, 4) is 0 Å². The van der Waals surface area contributed by atoms with Gasteiger partial charge in [0, 0.05) is 18.3 Å². The van der Waals surface area contributed by atoms with Gasteiger partial charge in [0.1, 0.15) is 5.04 Å². The minimum absolute atomic E-state index is 0.148. The van der Waals surface area contributed by atoms with Crippen LogP contribution in [0.2, 0.25) is 0 Å². The Kier molecular flexibility index (Phi) is 4.20. The van der Waals surface area contributed by atoms with Crippen LogP contribution in [0.4, 0.5) is 0 Å². The number of hydrogen-bond donors (Lipinski definition) is 1. The Labute approximate surface area is 125 Å². The zero-order valence-electron chi connectivity index (χ0n) is 12.3. The largest absolute Gasteiger partial charge is 0.339 e. The maximum Gasteiger partial charge on any atom is 0.256 e. The van der Waals surface area contributed by atoms with Crippen molar-refractivity contribution in [3.05, 3.63) is 11.1 Å². The first-order valence-corrected chi connectivity index (χ1v) is 8.86. The summed E-state index contributed by atoms with van der Waals surface area (Å²) in [6.07, 6.45) is 8.11. The first kappa shape index (κ1) is 14.2. The number of carbonyl (C=O) groups is 1. The second-order valence-corrected chi connectivity index (χ2v) is 7.45. The van der Waals surface area contributed by atoms with Gasteiger partial charge in [-0.25, -0.2) is 0 Å². The highest BCUT2D eigenvalue weighted by Crippen LogP contribution is 2.45. The summed E-state index contributed by atoms with van der Waals surface area (Å²) in [6.45, 7) is 4.02. The molecule has 0 radical (unpaired) electrons. The summed E-state index contributed by atoms with van der Waals surface area (Å²) in [5, 5.41) is 9.19. The first-order chi connectivity index (χ1) is 9.70. The second-order valence-electron chi connectivity index (χ2n) is 6.24. The van der Waals surface area contributed by atoms with E-state index in [1.54, 1.807) is 11.8 Å². The molecule has 3 rings (SSSR count). The maximum atomic E-state index is 12.7. The highest BCUT2D eigenvalue weighted by molar-refractivity contribution is 8.15. The summed E-state index contributed by atoms with van der Waals surface area (Å²) in [5.74, 6) is 0.933. The second kappa shape index (κ2) is 5.92. The van der Waals surface area contributed by atoms with Gasteiger partial charge >= 0.3 is 0 Å². The predicted octanol–water partition coefficient (Wildman–Crippen LogP) is 3.60. The van der Waals surface area contributed by atoms with E-state index in [9.17, 15) is 4.79 Å². The Morgan fingerprint density at radius 3 is 2.80 bits per heavy atom. The lowest BCUT2D eigenvalue weighted by Gasteiger charge is -2.29. The molecule has 0 aromatic heterocycles. The Morgan fingerprint density at radius 2 is 2.10 bits per heavy atom. The molecule has 110 valence electrons. The number of carbonyl (C=O) groups excluding carboxylic acids is 1. The third kappa shape index (κ3) is 2.54. The highest BCUT2D eigenvalue weighted by atomic mass is 32.2. The minimum atomic E-state index is 0.148. The van der Waals surface area contributed by atoms with Crippen molar-refractivity contribution in [2.24, 2.45) is 5.92 Å². The molecular formula is C16H24N2OS. The highest BCUT2D eigenvalue weighted by Gasteiger charge is 2.39. The average Bonchev–Trinajstić information content (AvgIpc) is 2.82. The van der Waals surface area contributed by atoms with Crippen LogP contribution >= 0.6 is 11.8 Å². The van der Waals surface area contributed by atoms with Gasteiger partial charge in [-0.3, -0.25) is 10.2 Å². The number of piperidine rings is 1. The van der Waals surface area contributed by atoms with Gasteiger partial charge in [-0.2, -0.15) is 0 Å². The standard InChI is InChI=1S/C16H24N2OS/c1-2-11-6-7-12-13(10-11)20-15(17)14(12)16(19)18-8-4-3-5-9-18/h11,13,17H,2-10H2,1H3. The third-order valence-corrected chi connectivity index (χ3v) is 6.20. The molecule has 20 heavy (non-hydrogen) atoms. The van der Waals surface area contributed by atoms with Crippen LogP contribution in [0.5, 0.6) is 0 Å². The van der Waals surface area contributed by atoms with E-state index in [2.05, 4.69) is 6.92 Å². The van der Waals surface area contributed by atoms with E-state index < -0.39 is 0 Å². The van der Waals surface area contributed by atoms with E-state index in [0.29, 0.717) is 10.3 Å². The number of nitrogens with zero attached hydrogens (tertiary/aromatic N) is 1. The van der Waals surface area contributed by atoms with E-state index in [4.69, 9.17) is 5.41 Å². The van der Waals surface area contributed by atoms with Crippen molar-refractivity contribution in [3.63, 3.8) is 0 Å². The van der Waals surface area contributed by atoms with Gasteiger partial charge in [-0.05, 0) is 50.0 Å². The van der Waals surface area contributed by atoms with Crippen LogP contribution < -0.4 is 0 Å². The van der Waals surface area contributed by atoms with Crippen LogP contribution in [0.1, 0.15) is 51.9 Å². The van der Waals surface area contributed by atoms with Gasteiger partial charge in [-0.1, -0.05) is 25.1 Å². The smallest absolute Gasteiger partial charge is 0.256 e. The SMILES string of the molecule is CCC1CCC2=C(C(=O)N3CCCCC3)C(=N)SC2C1. The normalized spacial score (nSPS) is 30.6. The van der Waals surface area contributed by atoms with Gasteiger partial charge in [0.15, 0.2) is 0 Å². The van der Waals surface area contributed by atoms with Gasteiger partial charge in [0.2, 0.25) is 0 Å². The van der Waals surface area contributed by atoms with Crippen molar-refractivity contribution < 1.29 is 4.79 Å². The fourth-order valence-corrected chi connectivity index (χ4v) is 5.06. The molecule has 0 aromatic carbocycles. The van der Waals surface area contributed by atoms with Gasteiger partial charge in [-0.15, -0.1) is 0 Å². The lowest BCUT2D eigenvalue weighted by Crippen LogP contribution is -2.37. The van der Waals surface area contributed by atoms with Crippen LogP contribution in [-0.4, -0.2) is 34.2 Å². The first-order valence-electron chi connectivity index (χ1n) is 7.98. The van der Waals surface area contributed by atoms with E-state index in [0.717, 1.165) is 50.3 Å². The molecular weight excluding hydrogens is 268 g/mol. The Balaban J connectivity index is 1.80. The Bertz CT molecular complexity index is 451. The zero-order valence-corrected chi connectivity index (χ0v) is 13.1. The van der Waals surface area contributed by atoms with E-state index in [1.165, 1.54) is 24.8 Å². The van der Waals surface area contributed by atoms with Crippen molar-refractivity contribution in [1.29, 1.82) is 5.41 Å². The molecule has 2 heterocycles. The molecule has 0 aromatic rings. The van der Waals surface area contributed by atoms with Crippen LogP contribution in [0.25, 0.3) is 0 Å². The molecule has 2 aliphatic heterocycles. The predicted molar refractivity (Wildman–Crippen MR) is 84.2 cm³/mol. The molecule has 2 fully saturated rings. The maximum absolute atomic E-state index is 12.7. The molecule has 4 heteroatoms. The summed E-state index contributed by atoms with van der Waals surface area (Å²) >= 11 is 1.63. The number of fused-ring (bicyclic) bond motifs is 1. The summed E-state index contributed by atoms with van der Waals surface area (Å²) < 4.78 is 0. The third-order valence-electron chi connectivity index (χ3n) is 5.00. The number of hydrogen-bond acceptors (Lipinski definition) is 3. The number of amides is 1. The molecule has 0 bridgehead atoms. The molecule has 1 saturated heterocycles. The molecule has 3 nitrogen and oxygen atoms in total. The van der Waals surface area contributed by atoms with Crippen molar-refractivity contribution in [1.82, 2.24) is 4.90 Å². The van der Waals surface area contributed by atoms with Crippen LogP contribution in [0.3, 0.4) is 0 Å². The molecule has 1 saturated carbocycles. The fourth-order valence-electron chi connectivity index (χ4n) is 3.70. The average molecular weight is 292 g/mol. The summed E-state index contributed by atoms with van der Waals surface area (Å²) in [7, 11) is 0. The number of rotatable bonds is 2. The van der Waals surface area contributed by atoms with Crippen LogP contribution in [-0.2, 0) is 4.79 Å². The van der Waals surface area contributed by atoms with Gasteiger partial charge in [0.25, 0.3) is 5.91 Å². The van der Waals surface area contributed by atoms with Crippen molar-refractivity contribution in [2.75, 3.05) is 13.1 Å².